The van der Waals surface area contributed by atoms with E-state index in [1.807, 2.05) is 0 Å². The first-order chi connectivity index (χ1) is 4.66. The summed E-state index contributed by atoms with van der Waals surface area (Å²) in [7, 11) is 1.63. The Kier molecular flexibility index (Phi) is 1.83. The molecule has 0 saturated heterocycles. The summed E-state index contributed by atoms with van der Waals surface area (Å²) in [6.07, 6.45) is 2.49. The molecule has 0 atom stereocenters. The highest BCUT2D eigenvalue weighted by molar-refractivity contribution is 5.73. The van der Waals surface area contributed by atoms with E-state index in [1.165, 1.54) is 12.8 Å². The summed E-state index contributed by atoms with van der Waals surface area (Å²) in [5.41, 5.74) is 0.409. The normalized spacial score (nSPS) is 19.8. The highest BCUT2D eigenvalue weighted by Crippen LogP contribution is 2.43. The zero-order valence-corrected chi connectivity index (χ0v) is 6.53. The standard InChI is InChI=1S/C7H14N2O/c1-7(3-4-7)5-9-6(10)8-2/h3-5H2,1-2H3,(H2,8,9,10). The van der Waals surface area contributed by atoms with Crippen LogP contribution in [0.2, 0.25) is 0 Å². The van der Waals surface area contributed by atoms with E-state index in [9.17, 15) is 4.79 Å². The predicted octanol–water partition coefficient (Wildman–Crippen LogP) is 0.715. The quantitative estimate of drug-likeness (QED) is 0.586. The van der Waals surface area contributed by atoms with Gasteiger partial charge in [0.15, 0.2) is 0 Å². The molecule has 0 unspecified atom stereocenters. The molecule has 3 heteroatoms. The lowest BCUT2D eigenvalue weighted by Gasteiger charge is -2.08. The van der Waals surface area contributed by atoms with Crippen molar-refractivity contribution in [3.63, 3.8) is 0 Å². The minimum Gasteiger partial charge on any atom is -0.341 e. The van der Waals surface area contributed by atoms with E-state index in [4.69, 9.17) is 0 Å². The van der Waals surface area contributed by atoms with Crippen LogP contribution in [0.25, 0.3) is 0 Å². The second kappa shape index (κ2) is 2.48. The van der Waals surface area contributed by atoms with Crippen LogP contribution < -0.4 is 10.6 Å². The van der Waals surface area contributed by atoms with Gasteiger partial charge in [0.1, 0.15) is 0 Å². The molecule has 0 aromatic rings. The molecule has 0 heterocycles. The summed E-state index contributed by atoms with van der Waals surface area (Å²) in [5.74, 6) is 0. The van der Waals surface area contributed by atoms with E-state index >= 15 is 0 Å². The Balaban J connectivity index is 2.10. The van der Waals surface area contributed by atoms with Gasteiger partial charge in [-0.3, -0.25) is 0 Å². The van der Waals surface area contributed by atoms with Gasteiger partial charge in [0.05, 0.1) is 0 Å². The van der Waals surface area contributed by atoms with Gasteiger partial charge in [-0.25, -0.2) is 4.79 Å². The van der Waals surface area contributed by atoms with Crippen molar-refractivity contribution in [2.75, 3.05) is 13.6 Å². The molecule has 0 aromatic heterocycles. The minimum absolute atomic E-state index is 0.0758. The van der Waals surface area contributed by atoms with E-state index < -0.39 is 0 Å². The molecule has 10 heavy (non-hydrogen) atoms. The third kappa shape index (κ3) is 1.90. The largest absolute Gasteiger partial charge is 0.341 e. The molecule has 0 aliphatic heterocycles. The Hall–Kier alpha value is -0.730. The van der Waals surface area contributed by atoms with Gasteiger partial charge >= 0.3 is 6.03 Å². The molecule has 0 aromatic carbocycles. The van der Waals surface area contributed by atoms with Crippen LogP contribution in [0.4, 0.5) is 4.79 Å². The number of nitrogens with one attached hydrogen (secondary N) is 2. The van der Waals surface area contributed by atoms with Crippen LogP contribution in [0.3, 0.4) is 0 Å². The van der Waals surface area contributed by atoms with E-state index in [0.29, 0.717) is 5.41 Å². The molecule has 0 radical (unpaired) electrons. The summed E-state index contributed by atoms with van der Waals surface area (Å²) >= 11 is 0. The third-order valence-electron chi connectivity index (χ3n) is 2.01. The van der Waals surface area contributed by atoms with Crippen LogP contribution in [0.15, 0.2) is 0 Å². The van der Waals surface area contributed by atoms with Gasteiger partial charge in [0, 0.05) is 13.6 Å². The van der Waals surface area contributed by atoms with Gasteiger partial charge in [0.25, 0.3) is 0 Å². The molecule has 58 valence electrons. The van der Waals surface area contributed by atoms with Crippen molar-refractivity contribution in [1.29, 1.82) is 0 Å². The van der Waals surface area contributed by atoms with Gasteiger partial charge in [0.2, 0.25) is 0 Å². The number of rotatable bonds is 2. The minimum atomic E-state index is -0.0758. The van der Waals surface area contributed by atoms with Crippen molar-refractivity contribution in [2.45, 2.75) is 19.8 Å². The number of urea groups is 1. The molecule has 0 spiro atoms. The fourth-order valence-corrected chi connectivity index (χ4v) is 0.772. The fourth-order valence-electron chi connectivity index (χ4n) is 0.772. The summed E-state index contributed by atoms with van der Waals surface area (Å²) in [5, 5.41) is 5.30. The van der Waals surface area contributed by atoms with Crippen molar-refractivity contribution < 1.29 is 4.79 Å². The van der Waals surface area contributed by atoms with Crippen molar-refractivity contribution >= 4 is 6.03 Å². The molecule has 0 bridgehead atoms. The Bertz CT molecular complexity index is 141. The lowest BCUT2D eigenvalue weighted by Crippen LogP contribution is -2.36. The van der Waals surface area contributed by atoms with Crippen LogP contribution in [0.5, 0.6) is 0 Å². The molecular formula is C7H14N2O. The summed E-state index contributed by atoms with van der Waals surface area (Å²) < 4.78 is 0. The second-order valence-corrected chi connectivity index (χ2v) is 3.24. The van der Waals surface area contributed by atoms with Crippen LogP contribution in [0.1, 0.15) is 19.8 Å². The van der Waals surface area contributed by atoms with Gasteiger partial charge in [-0.05, 0) is 18.3 Å². The zero-order valence-electron chi connectivity index (χ0n) is 6.53. The maximum atomic E-state index is 10.7. The summed E-state index contributed by atoms with van der Waals surface area (Å²) in [4.78, 5) is 10.7. The fraction of sp³-hybridized carbons (Fsp3) is 0.857. The first-order valence-electron chi connectivity index (χ1n) is 3.62. The summed E-state index contributed by atoms with van der Waals surface area (Å²) in [6.45, 7) is 3.00. The third-order valence-corrected chi connectivity index (χ3v) is 2.01. The number of hydrogen-bond acceptors (Lipinski definition) is 1. The van der Waals surface area contributed by atoms with Crippen molar-refractivity contribution in [2.24, 2.45) is 5.41 Å². The average Bonchev–Trinajstić information content (AvgIpc) is 2.64. The van der Waals surface area contributed by atoms with E-state index in [-0.39, 0.29) is 6.03 Å². The van der Waals surface area contributed by atoms with E-state index in [2.05, 4.69) is 17.6 Å². The highest BCUT2D eigenvalue weighted by Gasteiger charge is 2.37. The molecule has 2 amide bonds. The maximum Gasteiger partial charge on any atom is 0.314 e. The summed E-state index contributed by atoms with van der Waals surface area (Å²) in [6, 6.07) is -0.0758. The smallest absolute Gasteiger partial charge is 0.314 e. The first-order valence-corrected chi connectivity index (χ1v) is 3.62. The molecule has 1 saturated carbocycles. The van der Waals surface area contributed by atoms with Crippen molar-refractivity contribution in [3.05, 3.63) is 0 Å². The number of amides is 2. The Labute approximate surface area is 61.2 Å². The monoisotopic (exact) mass is 142 g/mol. The second-order valence-electron chi connectivity index (χ2n) is 3.24. The number of hydrogen-bond donors (Lipinski definition) is 2. The number of carbonyl (C=O) groups is 1. The Morgan fingerprint density at radius 2 is 2.20 bits per heavy atom. The lowest BCUT2D eigenvalue weighted by atomic mass is 10.1. The number of carbonyl (C=O) groups excluding carboxylic acids is 1. The predicted molar refractivity (Wildman–Crippen MR) is 39.8 cm³/mol. The highest BCUT2D eigenvalue weighted by atomic mass is 16.2. The SMILES string of the molecule is CNC(=O)NCC1(C)CC1. The van der Waals surface area contributed by atoms with Crippen molar-refractivity contribution in [3.8, 4) is 0 Å². The molecule has 1 fully saturated rings. The van der Waals surface area contributed by atoms with Crippen LogP contribution in [-0.2, 0) is 0 Å². The topological polar surface area (TPSA) is 41.1 Å². The lowest BCUT2D eigenvalue weighted by molar-refractivity contribution is 0.240. The average molecular weight is 142 g/mol. The molecule has 1 aliphatic rings. The van der Waals surface area contributed by atoms with Crippen molar-refractivity contribution in [1.82, 2.24) is 10.6 Å². The molecule has 3 nitrogen and oxygen atoms in total. The van der Waals surface area contributed by atoms with Gasteiger partial charge in [-0.15, -0.1) is 0 Å². The van der Waals surface area contributed by atoms with Crippen LogP contribution >= 0.6 is 0 Å². The van der Waals surface area contributed by atoms with Gasteiger partial charge in [-0.1, -0.05) is 6.92 Å². The molecule has 2 N–H and O–H groups in total. The maximum absolute atomic E-state index is 10.7. The first kappa shape index (κ1) is 7.38. The molecular weight excluding hydrogens is 128 g/mol. The molecule has 1 aliphatic carbocycles. The van der Waals surface area contributed by atoms with Crippen LogP contribution in [0, 0.1) is 5.41 Å². The van der Waals surface area contributed by atoms with Gasteiger partial charge < -0.3 is 10.6 Å². The van der Waals surface area contributed by atoms with Crippen LogP contribution in [-0.4, -0.2) is 19.6 Å². The Morgan fingerprint density at radius 1 is 1.60 bits per heavy atom. The zero-order chi connectivity index (χ0) is 7.61. The van der Waals surface area contributed by atoms with E-state index in [1.54, 1.807) is 7.05 Å². The van der Waals surface area contributed by atoms with E-state index in [0.717, 1.165) is 6.54 Å². The Morgan fingerprint density at radius 3 is 2.60 bits per heavy atom. The molecule has 1 rings (SSSR count). The van der Waals surface area contributed by atoms with Gasteiger partial charge in [-0.2, -0.15) is 0 Å².